The highest BCUT2D eigenvalue weighted by molar-refractivity contribution is 7.90. The SMILES string of the molecule is CC[C@H]1OC(=O)[C@H](C)[C@@H](OC[C@H]2C[C@@](C)(OC)[C@@H](O)[C@H](C)O2)[C@H](C)[C@@H](O[C@@H]2O[C@H](C)C[C@H](N(C)CCc3cn(C[C@H](F)COc4ccc(S(C)(=O)=O)cc4)nn3)[C@H]2O)[C@](C)(O)C[C@@H](C)CN(C)[C@H](C)[C@@H](O)[C@]1(C)O. The normalized spacial score (nSPS) is 39.0. The molecule has 3 fully saturated rings. The van der Waals surface area contributed by atoms with Gasteiger partial charge in [0, 0.05) is 63.5 Å². The Bertz CT molecular complexity index is 2190. The second-order valence-electron chi connectivity index (χ2n) is 22.4. The van der Waals surface area contributed by atoms with Gasteiger partial charge in [0.15, 0.2) is 22.3 Å². The fourth-order valence-corrected chi connectivity index (χ4v) is 11.8. The van der Waals surface area contributed by atoms with Gasteiger partial charge in [0.2, 0.25) is 0 Å². The van der Waals surface area contributed by atoms with Crippen molar-refractivity contribution in [2.75, 3.05) is 53.8 Å². The smallest absolute Gasteiger partial charge is 0.311 e. The molecule has 4 heterocycles. The summed E-state index contributed by atoms with van der Waals surface area (Å²) in [4.78, 5) is 18.5. The summed E-state index contributed by atoms with van der Waals surface area (Å²) in [6.45, 7) is 17.9. The maximum absolute atomic E-state index is 15.0. The Balaban J connectivity index is 1.37. The Morgan fingerprint density at radius 2 is 1.66 bits per heavy atom. The lowest BCUT2D eigenvalue weighted by atomic mass is 9.77. The molecular formula is C52H88FN5O15S. The van der Waals surface area contributed by atoms with Crippen molar-refractivity contribution >= 4 is 15.8 Å². The zero-order valence-electron chi connectivity index (χ0n) is 46.0. The topological polar surface area (TPSA) is 254 Å². The summed E-state index contributed by atoms with van der Waals surface area (Å²) in [5.74, 6) is -2.43. The first kappa shape index (κ1) is 61.9. The molecule has 5 rings (SSSR count). The van der Waals surface area contributed by atoms with E-state index in [0.29, 0.717) is 37.4 Å². The molecule has 0 aliphatic carbocycles. The lowest BCUT2D eigenvalue weighted by Crippen LogP contribution is -2.60. The molecule has 3 saturated heterocycles. The molecule has 1 aromatic carbocycles. The average molecular weight is 1070 g/mol. The molecule has 0 saturated carbocycles. The largest absolute Gasteiger partial charge is 0.490 e. The van der Waals surface area contributed by atoms with Crippen LogP contribution in [0.4, 0.5) is 4.39 Å². The summed E-state index contributed by atoms with van der Waals surface area (Å²) in [5.41, 5.74) is -3.85. The monoisotopic (exact) mass is 1070 g/mol. The third kappa shape index (κ3) is 15.4. The van der Waals surface area contributed by atoms with E-state index in [1.54, 1.807) is 47.7 Å². The number of aromatic nitrogens is 3. The van der Waals surface area contributed by atoms with Gasteiger partial charge in [-0.3, -0.25) is 4.79 Å². The quantitative estimate of drug-likeness (QED) is 0.143. The van der Waals surface area contributed by atoms with E-state index in [1.165, 1.54) is 43.0 Å². The number of hydrogen-bond donors (Lipinski definition) is 5. The van der Waals surface area contributed by atoms with Crippen LogP contribution in [0.5, 0.6) is 5.75 Å². The number of aliphatic hydroxyl groups excluding tert-OH is 3. The Morgan fingerprint density at radius 1 is 1.00 bits per heavy atom. The van der Waals surface area contributed by atoms with Crippen molar-refractivity contribution in [2.24, 2.45) is 17.8 Å². The number of benzene rings is 1. The van der Waals surface area contributed by atoms with E-state index >= 15 is 4.39 Å². The van der Waals surface area contributed by atoms with Gasteiger partial charge in [-0.2, -0.15) is 0 Å². The van der Waals surface area contributed by atoms with Crippen molar-refractivity contribution in [3.63, 3.8) is 0 Å². The van der Waals surface area contributed by atoms with Gasteiger partial charge in [0.1, 0.15) is 42.4 Å². The van der Waals surface area contributed by atoms with Crippen molar-refractivity contribution in [2.45, 2.75) is 209 Å². The van der Waals surface area contributed by atoms with E-state index in [4.69, 9.17) is 33.2 Å². The van der Waals surface area contributed by atoms with Crippen molar-refractivity contribution < 1.29 is 76.3 Å². The van der Waals surface area contributed by atoms with E-state index in [9.17, 15) is 38.7 Å². The number of esters is 1. The summed E-state index contributed by atoms with van der Waals surface area (Å²) in [7, 11) is 1.83. The molecule has 0 unspecified atom stereocenters. The molecule has 22 heteroatoms. The number of ether oxygens (including phenoxy) is 7. The lowest BCUT2D eigenvalue weighted by Gasteiger charge is -2.48. The Hall–Kier alpha value is -2.97. The van der Waals surface area contributed by atoms with Crippen LogP contribution < -0.4 is 4.74 Å². The Labute approximate surface area is 438 Å². The third-order valence-corrected chi connectivity index (χ3v) is 16.9. The molecule has 1 aromatic heterocycles. The molecular weight excluding hydrogens is 986 g/mol. The van der Waals surface area contributed by atoms with Gasteiger partial charge in [-0.1, -0.05) is 26.0 Å². The molecule has 0 bridgehead atoms. The molecule has 0 radical (unpaired) electrons. The molecule has 424 valence electrons. The van der Waals surface area contributed by atoms with Crippen molar-refractivity contribution in [1.82, 2.24) is 24.8 Å². The van der Waals surface area contributed by atoms with Crippen molar-refractivity contribution in [3.05, 3.63) is 36.2 Å². The van der Waals surface area contributed by atoms with Gasteiger partial charge < -0.3 is 68.5 Å². The minimum absolute atomic E-state index is 0.0434. The number of cyclic esters (lactones) is 1. The highest BCUT2D eigenvalue weighted by Gasteiger charge is 2.52. The van der Waals surface area contributed by atoms with Crippen molar-refractivity contribution in [1.29, 1.82) is 0 Å². The molecule has 3 aliphatic heterocycles. The first-order chi connectivity index (χ1) is 34.4. The van der Waals surface area contributed by atoms with Gasteiger partial charge in [-0.05, 0) is 112 Å². The van der Waals surface area contributed by atoms with Gasteiger partial charge in [-0.25, -0.2) is 17.5 Å². The number of hydrogen-bond acceptors (Lipinski definition) is 19. The van der Waals surface area contributed by atoms with Gasteiger partial charge in [0.05, 0.1) is 71.4 Å². The highest BCUT2D eigenvalue weighted by atomic mass is 32.2. The molecule has 5 N–H and O–H groups in total. The lowest BCUT2D eigenvalue weighted by molar-refractivity contribution is -0.301. The van der Waals surface area contributed by atoms with Crippen LogP contribution in [-0.4, -0.2) is 215 Å². The van der Waals surface area contributed by atoms with Crippen LogP contribution in [0, 0.1) is 17.8 Å². The number of carbonyl (C=O) groups excluding carboxylic acids is 1. The molecule has 0 spiro atoms. The maximum atomic E-state index is 15.0. The number of carbonyl (C=O) groups is 1. The average Bonchev–Trinajstić information content (AvgIpc) is 3.78. The number of methoxy groups -OCH3 is 1. The predicted octanol–water partition coefficient (Wildman–Crippen LogP) is 2.97. The van der Waals surface area contributed by atoms with Gasteiger partial charge in [-0.15, -0.1) is 5.10 Å². The maximum Gasteiger partial charge on any atom is 0.311 e. The fraction of sp³-hybridized carbons (Fsp3) is 0.827. The zero-order chi connectivity index (χ0) is 55.2. The summed E-state index contributed by atoms with van der Waals surface area (Å²) in [5, 5.41) is 67.8. The first-order valence-electron chi connectivity index (χ1n) is 26.1. The van der Waals surface area contributed by atoms with Crippen LogP contribution >= 0.6 is 0 Å². The first-order valence-corrected chi connectivity index (χ1v) is 28.0. The van der Waals surface area contributed by atoms with E-state index < -0.39 is 124 Å². The molecule has 3 aliphatic rings. The molecule has 20 nitrogen and oxygen atoms in total. The summed E-state index contributed by atoms with van der Waals surface area (Å²) < 4.78 is 83.6. The number of sulfone groups is 1. The van der Waals surface area contributed by atoms with Crippen LogP contribution in [0.2, 0.25) is 0 Å². The fourth-order valence-electron chi connectivity index (χ4n) is 11.2. The third-order valence-electron chi connectivity index (χ3n) is 15.8. The van der Waals surface area contributed by atoms with Gasteiger partial charge in [0.25, 0.3) is 0 Å². The Morgan fingerprint density at radius 3 is 2.28 bits per heavy atom. The van der Waals surface area contributed by atoms with Gasteiger partial charge >= 0.3 is 5.97 Å². The predicted molar refractivity (Wildman–Crippen MR) is 272 cm³/mol. The molecule has 74 heavy (non-hydrogen) atoms. The van der Waals surface area contributed by atoms with Crippen LogP contribution in [-0.2, 0) is 56.0 Å². The van der Waals surface area contributed by atoms with E-state index in [2.05, 4.69) is 10.3 Å². The number of rotatable bonds is 17. The summed E-state index contributed by atoms with van der Waals surface area (Å²) in [6.07, 6.45) is -6.80. The summed E-state index contributed by atoms with van der Waals surface area (Å²) in [6, 6.07) is 4.67. The minimum atomic E-state index is -3.38. The van der Waals surface area contributed by atoms with Crippen LogP contribution in [0.3, 0.4) is 0 Å². The number of halogens is 1. The number of nitrogens with zero attached hydrogens (tertiary/aromatic N) is 5. The van der Waals surface area contributed by atoms with E-state index in [-0.39, 0.29) is 49.8 Å². The Kier molecular flexibility index (Phi) is 21.5. The van der Waals surface area contributed by atoms with E-state index in [0.717, 1.165) is 6.26 Å². The van der Waals surface area contributed by atoms with Crippen LogP contribution in [0.25, 0.3) is 0 Å². The second-order valence-corrected chi connectivity index (χ2v) is 24.4. The second kappa shape index (κ2) is 25.7. The number of alkyl halides is 1. The molecule has 2 aromatic rings. The highest BCUT2D eigenvalue weighted by Crippen LogP contribution is 2.39. The minimum Gasteiger partial charge on any atom is -0.490 e. The van der Waals surface area contributed by atoms with Crippen LogP contribution in [0.1, 0.15) is 101 Å². The number of aliphatic hydroxyl groups is 5. The van der Waals surface area contributed by atoms with E-state index in [1.807, 2.05) is 44.7 Å². The standard InChI is InChI=1S/C52H88FN5O15S/c1-15-42-52(10,64)45(60)34(6)57(12)25-30(2)23-50(8,63)47(32(4)44(33(5)48(62)72-42)69-29-39-24-51(9,67-13)46(61)35(7)71-39)73-49-43(59)41(22-31(3)70-49)56(11)21-20-37-27-58(55-54-37)26-36(53)28-68-38-16-18-40(19-17-38)74(14,65)66/h16-19,27,30-36,39,41-47,49,59-61,63-64H,15,20-26,28-29H2,1-14H3/t30-,31-,32+,33-,34-,35+,36+,39-,41+,42-,43-,44+,45-,46+,47-,49+,50-,51-,52-/m1/s1. The number of likely N-dealkylation sites (N-methyl/N-ethyl adjacent to an activating group) is 2. The summed E-state index contributed by atoms with van der Waals surface area (Å²) >= 11 is 0. The molecule has 19 atom stereocenters. The molecule has 0 amide bonds. The zero-order valence-corrected chi connectivity index (χ0v) is 46.9. The van der Waals surface area contributed by atoms with Crippen LogP contribution in [0.15, 0.2) is 35.4 Å². The van der Waals surface area contributed by atoms with Crippen molar-refractivity contribution in [3.8, 4) is 5.75 Å².